The van der Waals surface area contributed by atoms with E-state index in [-0.39, 0.29) is 5.92 Å². The van der Waals surface area contributed by atoms with E-state index < -0.39 is 0 Å². The lowest BCUT2D eigenvalue weighted by molar-refractivity contribution is 0.850. The number of nitrogens with two attached hydrogens (primary N) is 1. The van der Waals surface area contributed by atoms with Crippen molar-refractivity contribution in [1.82, 2.24) is 9.97 Å². The average Bonchev–Trinajstić information content (AvgIpc) is 2.40. The molecule has 1 aromatic carbocycles. The van der Waals surface area contributed by atoms with Crippen molar-refractivity contribution in [3.63, 3.8) is 0 Å². The smallest absolute Gasteiger partial charge is 0.148 e. The molecule has 4 N–H and O–H groups in total. The van der Waals surface area contributed by atoms with Crippen LogP contribution in [0.15, 0.2) is 30.6 Å². The first-order chi connectivity index (χ1) is 9.13. The zero-order valence-electron chi connectivity index (χ0n) is 10.8. The molecule has 0 aliphatic rings. The van der Waals surface area contributed by atoms with E-state index in [1.165, 1.54) is 6.33 Å². The number of para-hydroxylation sites is 1. The first kappa shape index (κ1) is 13.6. The Morgan fingerprint density at radius 1 is 1.16 bits per heavy atom. The highest BCUT2D eigenvalue weighted by atomic mass is 35.5. The van der Waals surface area contributed by atoms with Gasteiger partial charge in [-0.2, -0.15) is 0 Å². The van der Waals surface area contributed by atoms with E-state index in [1.807, 2.05) is 24.3 Å². The second-order valence-corrected chi connectivity index (χ2v) is 4.80. The van der Waals surface area contributed by atoms with Gasteiger partial charge in [-0.3, -0.25) is 0 Å². The summed E-state index contributed by atoms with van der Waals surface area (Å²) in [7, 11) is 0. The van der Waals surface area contributed by atoms with E-state index in [0.29, 0.717) is 16.7 Å². The van der Waals surface area contributed by atoms with Crippen LogP contribution in [0.25, 0.3) is 0 Å². The summed E-state index contributed by atoms with van der Waals surface area (Å²) in [5.41, 5.74) is 4.31. The van der Waals surface area contributed by atoms with Crippen molar-refractivity contribution in [3.05, 3.63) is 41.2 Å². The van der Waals surface area contributed by atoms with Crippen molar-refractivity contribution in [2.45, 2.75) is 19.8 Å². The third-order valence-electron chi connectivity index (χ3n) is 2.72. The van der Waals surface area contributed by atoms with Crippen LogP contribution < -0.4 is 16.6 Å². The molecule has 0 saturated heterocycles. The van der Waals surface area contributed by atoms with Gasteiger partial charge >= 0.3 is 0 Å². The molecule has 0 spiro atoms. The molecular formula is C13H16ClN5. The quantitative estimate of drug-likeness (QED) is 0.591. The van der Waals surface area contributed by atoms with Crippen molar-refractivity contribution in [2.24, 2.45) is 5.84 Å². The number of nitrogen functional groups attached to an aromatic ring is 1. The maximum atomic E-state index is 6.13. The minimum atomic E-state index is 0.220. The third-order valence-corrected chi connectivity index (χ3v) is 3.05. The Hall–Kier alpha value is -1.85. The van der Waals surface area contributed by atoms with Crippen molar-refractivity contribution in [2.75, 3.05) is 10.7 Å². The van der Waals surface area contributed by atoms with Gasteiger partial charge in [0.15, 0.2) is 0 Å². The second kappa shape index (κ2) is 5.86. The van der Waals surface area contributed by atoms with Gasteiger partial charge in [0.1, 0.15) is 18.0 Å². The number of hydrogen-bond donors (Lipinski definition) is 3. The van der Waals surface area contributed by atoms with Crippen molar-refractivity contribution >= 4 is 28.9 Å². The first-order valence-corrected chi connectivity index (χ1v) is 6.34. The van der Waals surface area contributed by atoms with Gasteiger partial charge in [0.2, 0.25) is 0 Å². The normalized spacial score (nSPS) is 10.6. The zero-order chi connectivity index (χ0) is 13.8. The van der Waals surface area contributed by atoms with Gasteiger partial charge in [-0.05, 0) is 18.1 Å². The monoisotopic (exact) mass is 277 g/mol. The molecule has 5 nitrogen and oxygen atoms in total. The summed E-state index contributed by atoms with van der Waals surface area (Å²) in [6.45, 7) is 4.11. The van der Waals surface area contributed by atoms with Gasteiger partial charge in [-0.15, -0.1) is 0 Å². The fourth-order valence-corrected chi connectivity index (χ4v) is 2.03. The van der Waals surface area contributed by atoms with Crippen molar-refractivity contribution < 1.29 is 0 Å². The summed E-state index contributed by atoms with van der Waals surface area (Å²) < 4.78 is 0. The number of rotatable bonds is 4. The number of nitrogens with zero attached hydrogens (tertiary/aromatic N) is 2. The summed E-state index contributed by atoms with van der Waals surface area (Å²) in [5.74, 6) is 7.02. The van der Waals surface area contributed by atoms with Crippen LogP contribution in [0.3, 0.4) is 0 Å². The van der Waals surface area contributed by atoms with Crippen LogP contribution in [0.4, 0.5) is 17.3 Å². The van der Waals surface area contributed by atoms with Gasteiger partial charge in [0.05, 0.1) is 10.7 Å². The number of benzene rings is 1. The standard InChI is InChI=1S/C13H16ClN5/c1-8(2)11-12(16-7-17-13(11)19-15)18-10-6-4-3-5-9(10)14/h3-8H,15H2,1-2H3,(H2,16,17,18,19). The van der Waals surface area contributed by atoms with Gasteiger partial charge in [-0.1, -0.05) is 37.6 Å². The molecule has 19 heavy (non-hydrogen) atoms. The van der Waals surface area contributed by atoms with Gasteiger partial charge in [-0.25, -0.2) is 15.8 Å². The molecule has 1 heterocycles. The lowest BCUT2D eigenvalue weighted by Gasteiger charge is -2.16. The Labute approximate surface area is 117 Å². The Balaban J connectivity index is 2.43. The Morgan fingerprint density at radius 2 is 1.84 bits per heavy atom. The first-order valence-electron chi connectivity index (χ1n) is 5.96. The molecule has 2 rings (SSSR count). The van der Waals surface area contributed by atoms with E-state index in [2.05, 4.69) is 34.6 Å². The highest BCUT2D eigenvalue weighted by molar-refractivity contribution is 6.33. The van der Waals surface area contributed by atoms with Crippen LogP contribution in [0.1, 0.15) is 25.3 Å². The summed E-state index contributed by atoms with van der Waals surface area (Å²) >= 11 is 6.13. The molecule has 0 atom stereocenters. The van der Waals surface area contributed by atoms with Gasteiger partial charge < -0.3 is 10.7 Å². The maximum Gasteiger partial charge on any atom is 0.148 e. The zero-order valence-corrected chi connectivity index (χ0v) is 11.6. The van der Waals surface area contributed by atoms with Crippen LogP contribution in [-0.2, 0) is 0 Å². The van der Waals surface area contributed by atoms with E-state index >= 15 is 0 Å². The molecule has 2 aromatic rings. The number of nitrogens with one attached hydrogen (secondary N) is 2. The Kier molecular flexibility index (Phi) is 4.19. The molecule has 0 aliphatic carbocycles. The minimum Gasteiger partial charge on any atom is -0.339 e. The van der Waals surface area contributed by atoms with Crippen LogP contribution in [0, 0.1) is 0 Å². The molecule has 0 fully saturated rings. The molecule has 0 radical (unpaired) electrons. The molecule has 0 bridgehead atoms. The van der Waals surface area contributed by atoms with Crippen molar-refractivity contribution in [1.29, 1.82) is 0 Å². The van der Waals surface area contributed by atoms with E-state index in [9.17, 15) is 0 Å². The number of halogens is 1. The largest absolute Gasteiger partial charge is 0.339 e. The summed E-state index contributed by atoms with van der Waals surface area (Å²) in [6.07, 6.45) is 1.46. The third kappa shape index (κ3) is 2.94. The minimum absolute atomic E-state index is 0.220. The molecule has 100 valence electrons. The molecule has 0 amide bonds. The Morgan fingerprint density at radius 3 is 2.47 bits per heavy atom. The molecular weight excluding hydrogens is 262 g/mol. The molecule has 0 unspecified atom stereocenters. The molecule has 0 aliphatic heterocycles. The molecule has 1 aromatic heterocycles. The number of aromatic nitrogens is 2. The van der Waals surface area contributed by atoms with Crippen molar-refractivity contribution in [3.8, 4) is 0 Å². The summed E-state index contributed by atoms with van der Waals surface area (Å²) in [5, 5.41) is 3.86. The molecule has 6 heteroatoms. The number of hydrogen-bond acceptors (Lipinski definition) is 5. The van der Waals surface area contributed by atoms with Crippen LogP contribution in [-0.4, -0.2) is 9.97 Å². The van der Waals surface area contributed by atoms with Crippen LogP contribution in [0.5, 0.6) is 0 Å². The summed E-state index contributed by atoms with van der Waals surface area (Å²) in [4.78, 5) is 8.39. The predicted molar refractivity (Wildman–Crippen MR) is 78.7 cm³/mol. The average molecular weight is 278 g/mol. The lowest BCUT2D eigenvalue weighted by atomic mass is 10.0. The van der Waals surface area contributed by atoms with Gasteiger partial charge in [0, 0.05) is 5.56 Å². The topological polar surface area (TPSA) is 75.9 Å². The fourth-order valence-electron chi connectivity index (χ4n) is 1.85. The SMILES string of the molecule is CC(C)c1c(NN)ncnc1Nc1ccccc1Cl. The fraction of sp³-hybridized carbons (Fsp3) is 0.231. The number of hydrazine groups is 1. The predicted octanol–water partition coefficient (Wildman–Crippen LogP) is 3.28. The van der Waals surface area contributed by atoms with Gasteiger partial charge in [0.25, 0.3) is 0 Å². The van der Waals surface area contributed by atoms with Crippen LogP contribution >= 0.6 is 11.6 Å². The highest BCUT2D eigenvalue weighted by Gasteiger charge is 2.15. The summed E-state index contributed by atoms with van der Waals surface area (Å²) in [6, 6.07) is 7.50. The Bertz CT molecular complexity index is 571. The molecule has 0 saturated carbocycles. The van der Waals surface area contributed by atoms with Crippen LogP contribution in [0.2, 0.25) is 5.02 Å². The van der Waals surface area contributed by atoms with E-state index in [0.717, 1.165) is 11.3 Å². The second-order valence-electron chi connectivity index (χ2n) is 4.39. The lowest BCUT2D eigenvalue weighted by Crippen LogP contribution is -2.14. The number of anilines is 3. The van der Waals surface area contributed by atoms with E-state index in [4.69, 9.17) is 17.4 Å². The maximum absolute atomic E-state index is 6.13. The highest BCUT2D eigenvalue weighted by Crippen LogP contribution is 2.31. The van der Waals surface area contributed by atoms with E-state index in [1.54, 1.807) is 0 Å².